The number of carbonyl (C=O) groups excluding carboxylic acids is 2. The summed E-state index contributed by atoms with van der Waals surface area (Å²) < 4.78 is 15.7. The van der Waals surface area contributed by atoms with E-state index in [-0.39, 0.29) is 19.1 Å². The van der Waals surface area contributed by atoms with Crippen LogP contribution in [0.3, 0.4) is 0 Å². The SMILES string of the molecule is Cc1cc(=O)oc2cc(OCC(=O)OCC(=O)N3CC[C@@H]4CCCC[C@H]4C3)ccc12. The second-order valence-electron chi connectivity index (χ2n) is 8.29. The molecule has 2 atom stereocenters. The number of benzene rings is 1. The number of ether oxygens (including phenoxy) is 2. The molecule has 0 radical (unpaired) electrons. The summed E-state index contributed by atoms with van der Waals surface area (Å²) in [6.07, 6.45) is 6.05. The molecule has 2 fully saturated rings. The van der Waals surface area contributed by atoms with Gasteiger partial charge in [-0.25, -0.2) is 9.59 Å². The van der Waals surface area contributed by atoms with Crippen molar-refractivity contribution in [2.24, 2.45) is 11.8 Å². The van der Waals surface area contributed by atoms with Crippen molar-refractivity contribution < 1.29 is 23.5 Å². The van der Waals surface area contributed by atoms with Crippen LogP contribution >= 0.6 is 0 Å². The summed E-state index contributed by atoms with van der Waals surface area (Å²) in [5.41, 5.74) is 0.766. The predicted octanol–water partition coefficient (Wildman–Crippen LogP) is 3.06. The molecule has 30 heavy (non-hydrogen) atoms. The molecule has 160 valence electrons. The average molecular weight is 413 g/mol. The van der Waals surface area contributed by atoms with Crippen molar-refractivity contribution in [1.82, 2.24) is 4.90 Å². The maximum absolute atomic E-state index is 12.4. The zero-order valence-electron chi connectivity index (χ0n) is 17.2. The molecule has 2 heterocycles. The van der Waals surface area contributed by atoms with Crippen LogP contribution in [0.5, 0.6) is 5.75 Å². The molecule has 1 aromatic heterocycles. The van der Waals surface area contributed by atoms with Gasteiger partial charge in [0.1, 0.15) is 11.3 Å². The normalized spacial score (nSPS) is 21.2. The van der Waals surface area contributed by atoms with Crippen molar-refractivity contribution in [3.8, 4) is 5.75 Å². The first-order chi connectivity index (χ1) is 14.5. The molecule has 1 saturated heterocycles. The van der Waals surface area contributed by atoms with Gasteiger partial charge in [-0.1, -0.05) is 19.3 Å². The van der Waals surface area contributed by atoms with Crippen LogP contribution in [0, 0.1) is 18.8 Å². The van der Waals surface area contributed by atoms with E-state index in [1.807, 2.05) is 11.8 Å². The summed E-state index contributed by atoms with van der Waals surface area (Å²) in [5, 5.41) is 0.803. The molecule has 1 aliphatic carbocycles. The molecular formula is C23H27NO6. The van der Waals surface area contributed by atoms with Gasteiger partial charge in [-0.15, -0.1) is 0 Å². The molecule has 0 N–H and O–H groups in total. The van der Waals surface area contributed by atoms with Gasteiger partial charge in [-0.2, -0.15) is 0 Å². The van der Waals surface area contributed by atoms with Gasteiger partial charge in [0.25, 0.3) is 5.91 Å². The first-order valence-electron chi connectivity index (χ1n) is 10.6. The molecule has 1 amide bonds. The minimum absolute atomic E-state index is 0.143. The molecule has 2 aliphatic rings. The summed E-state index contributed by atoms with van der Waals surface area (Å²) in [7, 11) is 0. The van der Waals surface area contributed by atoms with Gasteiger partial charge >= 0.3 is 11.6 Å². The van der Waals surface area contributed by atoms with E-state index in [9.17, 15) is 14.4 Å². The Labute approximate surface area is 174 Å². The van der Waals surface area contributed by atoms with Crippen LogP contribution in [0.25, 0.3) is 11.0 Å². The number of fused-ring (bicyclic) bond motifs is 2. The minimum Gasteiger partial charge on any atom is -0.482 e. The van der Waals surface area contributed by atoms with Crippen molar-refractivity contribution in [3.05, 3.63) is 40.2 Å². The standard InChI is InChI=1S/C23H27NO6/c1-15-10-22(26)30-20-11-18(6-7-19(15)20)28-14-23(27)29-13-21(25)24-9-8-16-4-2-3-5-17(16)12-24/h6-7,10-11,16-17H,2-5,8-9,12-14H2,1H3/t16-,17-/m0/s1. The lowest BCUT2D eigenvalue weighted by Crippen LogP contribution is -2.46. The van der Waals surface area contributed by atoms with Crippen molar-refractivity contribution in [3.63, 3.8) is 0 Å². The topological polar surface area (TPSA) is 86.0 Å². The summed E-state index contributed by atoms with van der Waals surface area (Å²) >= 11 is 0. The van der Waals surface area contributed by atoms with E-state index in [0.717, 1.165) is 36.4 Å². The highest BCUT2D eigenvalue weighted by Gasteiger charge is 2.33. The Kier molecular flexibility index (Phi) is 6.06. The Hall–Kier alpha value is -2.83. The van der Waals surface area contributed by atoms with E-state index < -0.39 is 11.6 Å². The van der Waals surface area contributed by atoms with Crippen LogP contribution in [0.1, 0.15) is 37.7 Å². The zero-order valence-corrected chi connectivity index (χ0v) is 17.2. The van der Waals surface area contributed by atoms with Crippen molar-refractivity contribution >= 4 is 22.8 Å². The molecule has 4 rings (SSSR count). The molecule has 0 unspecified atom stereocenters. The maximum atomic E-state index is 12.4. The lowest BCUT2D eigenvalue weighted by atomic mass is 9.75. The molecule has 0 bridgehead atoms. The minimum atomic E-state index is -0.610. The molecule has 1 saturated carbocycles. The number of hydrogen-bond acceptors (Lipinski definition) is 6. The second-order valence-corrected chi connectivity index (χ2v) is 8.29. The third-order valence-corrected chi connectivity index (χ3v) is 6.28. The fraction of sp³-hybridized carbons (Fsp3) is 0.522. The number of piperidine rings is 1. The Morgan fingerprint density at radius 3 is 2.73 bits per heavy atom. The highest BCUT2D eigenvalue weighted by molar-refractivity contribution is 5.82. The molecule has 7 nitrogen and oxygen atoms in total. The molecule has 0 spiro atoms. The summed E-state index contributed by atoms with van der Waals surface area (Å²) in [6, 6.07) is 6.46. The van der Waals surface area contributed by atoms with Crippen LogP contribution in [-0.4, -0.2) is 43.1 Å². The predicted molar refractivity (Wildman–Crippen MR) is 110 cm³/mol. The van der Waals surface area contributed by atoms with E-state index in [1.165, 1.54) is 31.7 Å². The third kappa shape index (κ3) is 4.66. The maximum Gasteiger partial charge on any atom is 0.344 e. The smallest absolute Gasteiger partial charge is 0.344 e. The Morgan fingerprint density at radius 2 is 1.90 bits per heavy atom. The summed E-state index contributed by atoms with van der Waals surface area (Å²) in [5.74, 6) is 0.969. The van der Waals surface area contributed by atoms with Gasteiger partial charge in [0, 0.05) is 30.6 Å². The zero-order chi connectivity index (χ0) is 21.1. The van der Waals surface area contributed by atoms with Gasteiger partial charge in [0.05, 0.1) is 0 Å². The number of aryl methyl sites for hydroxylation is 1. The number of nitrogens with zero attached hydrogens (tertiary/aromatic N) is 1. The van der Waals surface area contributed by atoms with E-state index in [2.05, 4.69) is 0 Å². The highest BCUT2D eigenvalue weighted by Crippen LogP contribution is 2.36. The van der Waals surface area contributed by atoms with Crippen LogP contribution in [-0.2, 0) is 14.3 Å². The Morgan fingerprint density at radius 1 is 1.10 bits per heavy atom. The molecule has 2 aromatic rings. The number of likely N-dealkylation sites (tertiary alicyclic amines) is 1. The molecule has 1 aliphatic heterocycles. The van der Waals surface area contributed by atoms with Crippen LogP contribution in [0.4, 0.5) is 0 Å². The summed E-state index contributed by atoms with van der Waals surface area (Å²) in [4.78, 5) is 37.8. The lowest BCUT2D eigenvalue weighted by Gasteiger charge is -2.41. The van der Waals surface area contributed by atoms with E-state index >= 15 is 0 Å². The van der Waals surface area contributed by atoms with E-state index in [0.29, 0.717) is 17.3 Å². The Bertz CT molecular complexity index is 997. The lowest BCUT2D eigenvalue weighted by molar-refractivity contribution is -0.154. The highest BCUT2D eigenvalue weighted by atomic mass is 16.6. The van der Waals surface area contributed by atoms with Crippen molar-refractivity contribution in [1.29, 1.82) is 0 Å². The van der Waals surface area contributed by atoms with Gasteiger partial charge in [0.15, 0.2) is 13.2 Å². The Balaban J connectivity index is 1.25. The van der Waals surface area contributed by atoms with Crippen LogP contribution < -0.4 is 10.4 Å². The third-order valence-electron chi connectivity index (χ3n) is 6.28. The van der Waals surface area contributed by atoms with E-state index in [1.54, 1.807) is 18.2 Å². The molecular weight excluding hydrogens is 386 g/mol. The number of hydrogen-bond donors (Lipinski definition) is 0. The van der Waals surface area contributed by atoms with Crippen molar-refractivity contribution in [2.75, 3.05) is 26.3 Å². The number of amides is 1. The molecule has 1 aromatic carbocycles. The first kappa shape index (κ1) is 20.4. The van der Waals surface area contributed by atoms with Gasteiger partial charge in [0.2, 0.25) is 0 Å². The van der Waals surface area contributed by atoms with Gasteiger partial charge < -0.3 is 18.8 Å². The fourth-order valence-electron chi connectivity index (χ4n) is 4.64. The van der Waals surface area contributed by atoms with Gasteiger partial charge in [-0.3, -0.25) is 4.79 Å². The number of rotatable bonds is 5. The monoisotopic (exact) mass is 413 g/mol. The number of carbonyl (C=O) groups is 2. The molecule has 7 heteroatoms. The van der Waals surface area contributed by atoms with Gasteiger partial charge in [-0.05, 0) is 49.3 Å². The second kappa shape index (κ2) is 8.90. The largest absolute Gasteiger partial charge is 0.482 e. The first-order valence-corrected chi connectivity index (χ1v) is 10.6. The van der Waals surface area contributed by atoms with Crippen LogP contribution in [0.2, 0.25) is 0 Å². The fourth-order valence-corrected chi connectivity index (χ4v) is 4.64. The average Bonchev–Trinajstić information content (AvgIpc) is 2.75. The van der Waals surface area contributed by atoms with E-state index in [4.69, 9.17) is 13.9 Å². The number of esters is 1. The van der Waals surface area contributed by atoms with Crippen LogP contribution in [0.15, 0.2) is 33.5 Å². The van der Waals surface area contributed by atoms with Crippen molar-refractivity contribution in [2.45, 2.75) is 39.0 Å². The summed E-state index contributed by atoms with van der Waals surface area (Å²) in [6.45, 7) is 2.77. The quantitative estimate of drug-likeness (QED) is 0.553.